The molecule has 212 valence electrons. The molecule has 0 amide bonds. The van der Waals surface area contributed by atoms with E-state index in [0.717, 1.165) is 45.4 Å². The number of hydrogen-bond acceptors (Lipinski definition) is 7. The molecular formula is C30H38N6O3S. The van der Waals surface area contributed by atoms with Crippen LogP contribution in [0, 0.1) is 13.8 Å². The molecule has 0 aliphatic carbocycles. The Morgan fingerprint density at radius 2 is 1.93 bits per heavy atom. The highest BCUT2D eigenvalue weighted by Crippen LogP contribution is 2.38. The second-order valence-electron chi connectivity index (χ2n) is 11.2. The number of ether oxygens (including phenoxy) is 1. The molecule has 5 rings (SSSR count). The summed E-state index contributed by atoms with van der Waals surface area (Å²) in [7, 11) is -3.82. The van der Waals surface area contributed by atoms with Crippen molar-refractivity contribution in [2.24, 2.45) is 5.73 Å². The van der Waals surface area contributed by atoms with Crippen LogP contribution in [0.2, 0.25) is 0 Å². The van der Waals surface area contributed by atoms with E-state index in [4.69, 9.17) is 10.5 Å². The van der Waals surface area contributed by atoms with Gasteiger partial charge >= 0.3 is 0 Å². The predicted molar refractivity (Wildman–Crippen MR) is 156 cm³/mol. The van der Waals surface area contributed by atoms with Gasteiger partial charge in [0.25, 0.3) is 0 Å². The van der Waals surface area contributed by atoms with Gasteiger partial charge in [-0.3, -0.25) is 0 Å². The van der Waals surface area contributed by atoms with Crippen molar-refractivity contribution in [2.45, 2.75) is 83.5 Å². The molecule has 0 saturated carbocycles. The molecule has 0 saturated heterocycles. The van der Waals surface area contributed by atoms with E-state index >= 15 is 0 Å². The van der Waals surface area contributed by atoms with Crippen molar-refractivity contribution >= 4 is 21.1 Å². The van der Waals surface area contributed by atoms with Crippen LogP contribution in [0.5, 0.6) is 5.88 Å². The Balaban J connectivity index is 1.58. The zero-order valence-corrected chi connectivity index (χ0v) is 24.9. The summed E-state index contributed by atoms with van der Waals surface area (Å²) < 4.78 is 36.9. The molecule has 10 heteroatoms. The molecule has 0 radical (unpaired) electrons. The van der Waals surface area contributed by atoms with Crippen LogP contribution in [0.1, 0.15) is 67.9 Å². The molecule has 2 aromatic carbocycles. The predicted octanol–water partition coefficient (Wildman–Crippen LogP) is 4.69. The fourth-order valence-corrected chi connectivity index (χ4v) is 7.17. The number of nitrogens with zero attached hydrogens (tertiary/aromatic N) is 5. The number of rotatable bonds is 7. The first-order valence-corrected chi connectivity index (χ1v) is 15.2. The van der Waals surface area contributed by atoms with Crippen molar-refractivity contribution < 1.29 is 13.2 Å². The zero-order chi connectivity index (χ0) is 28.8. The molecule has 0 spiro atoms. The Morgan fingerprint density at radius 1 is 1.15 bits per heavy atom. The average molecular weight is 563 g/mol. The van der Waals surface area contributed by atoms with E-state index in [9.17, 15) is 8.42 Å². The van der Waals surface area contributed by atoms with Crippen LogP contribution in [0.15, 0.2) is 53.6 Å². The number of benzene rings is 2. The van der Waals surface area contributed by atoms with Crippen LogP contribution in [-0.2, 0) is 23.1 Å². The molecule has 2 N–H and O–H groups in total. The zero-order valence-electron chi connectivity index (χ0n) is 24.0. The van der Waals surface area contributed by atoms with Crippen LogP contribution >= 0.6 is 0 Å². The second kappa shape index (κ2) is 10.6. The second-order valence-corrected chi connectivity index (χ2v) is 13.2. The lowest BCUT2D eigenvalue weighted by atomic mass is 9.75. The number of hydrogen-bond donors (Lipinski definition) is 1. The van der Waals surface area contributed by atoms with Gasteiger partial charge in [0.15, 0.2) is 0 Å². The first-order valence-electron chi connectivity index (χ1n) is 13.8. The van der Waals surface area contributed by atoms with Crippen LogP contribution in [-0.4, -0.2) is 50.9 Å². The SMILES string of the molecule is CC[C@@H]1CN(Cc2cc([C@@H](c3ccc4c(nnn4CC)c3C)C(C)(C)N)ccc2C)S(=O)(=O)c2cccnc2O1. The van der Waals surface area contributed by atoms with Gasteiger partial charge in [0, 0.05) is 30.7 Å². The molecule has 1 aliphatic heterocycles. The summed E-state index contributed by atoms with van der Waals surface area (Å²) in [4.78, 5) is 4.32. The molecule has 3 heterocycles. The van der Waals surface area contributed by atoms with Gasteiger partial charge < -0.3 is 10.5 Å². The normalized spacial score (nSPS) is 18.2. The topological polar surface area (TPSA) is 116 Å². The van der Waals surface area contributed by atoms with E-state index in [2.05, 4.69) is 52.6 Å². The highest BCUT2D eigenvalue weighted by molar-refractivity contribution is 7.89. The van der Waals surface area contributed by atoms with Crippen molar-refractivity contribution in [1.29, 1.82) is 0 Å². The van der Waals surface area contributed by atoms with Crippen molar-refractivity contribution in [3.05, 3.63) is 76.5 Å². The van der Waals surface area contributed by atoms with Gasteiger partial charge in [-0.2, -0.15) is 4.31 Å². The summed E-state index contributed by atoms with van der Waals surface area (Å²) in [6, 6.07) is 13.6. The number of fused-ring (bicyclic) bond motifs is 2. The largest absolute Gasteiger partial charge is 0.472 e. The van der Waals surface area contributed by atoms with Crippen molar-refractivity contribution in [1.82, 2.24) is 24.3 Å². The van der Waals surface area contributed by atoms with Crippen LogP contribution in [0.25, 0.3) is 11.0 Å². The summed E-state index contributed by atoms with van der Waals surface area (Å²) in [6.07, 6.45) is 1.92. The van der Waals surface area contributed by atoms with Crippen LogP contribution in [0.4, 0.5) is 0 Å². The van der Waals surface area contributed by atoms with Crippen LogP contribution in [0.3, 0.4) is 0 Å². The minimum Gasteiger partial charge on any atom is -0.472 e. The lowest BCUT2D eigenvalue weighted by Gasteiger charge is -2.33. The molecule has 2 atom stereocenters. The van der Waals surface area contributed by atoms with E-state index in [-0.39, 0.29) is 35.9 Å². The van der Waals surface area contributed by atoms with Crippen molar-refractivity contribution in [3.8, 4) is 5.88 Å². The van der Waals surface area contributed by atoms with Crippen molar-refractivity contribution in [3.63, 3.8) is 0 Å². The number of aryl methyl sites for hydroxylation is 3. The lowest BCUT2D eigenvalue weighted by Crippen LogP contribution is -2.40. The number of nitrogens with two attached hydrogens (primary N) is 1. The highest BCUT2D eigenvalue weighted by Gasteiger charge is 2.36. The molecule has 40 heavy (non-hydrogen) atoms. The van der Waals surface area contributed by atoms with Crippen LogP contribution < -0.4 is 10.5 Å². The van der Waals surface area contributed by atoms with E-state index < -0.39 is 15.6 Å². The monoisotopic (exact) mass is 562 g/mol. The highest BCUT2D eigenvalue weighted by atomic mass is 32.2. The Kier molecular flexibility index (Phi) is 7.45. The maximum atomic E-state index is 13.8. The summed E-state index contributed by atoms with van der Waals surface area (Å²) in [6.45, 7) is 13.4. The van der Waals surface area contributed by atoms with Gasteiger partial charge in [-0.15, -0.1) is 5.10 Å². The first kappa shape index (κ1) is 28.2. The third kappa shape index (κ3) is 5.00. The molecule has 9 nitrogen and oxygen atoms in total. The van der Waals surface area contributed by atoms with Gasteiger partial charge in [-0.05, 0) is 87.1 Å². The number of pyridine rings is 1. The van der Waals surface area contributed by atoms with Gasteiger partial charge in [-0.25, -0.2) is 18.1 Å². The fraction of sp³-hybridized carbons (Fsp3) is 0.433. The maximum Gasteiger partial charge on any atom is 0.248 e. The summed E-state index contributed by atoms with van der Waals surface area (Å²) in [5.74, 6) is 0.0126. The van der Waals surface area contributed by atoms with Gasteiger partial charge in [0.05, 0.1) is 12.1 Å². The third-order valence-electron chi connectivity index (χ3n) is 7.89. The van der Waals surface area contributed by atoms with Gasteiger partial charge in [0.1, 0.15) is 16.5 Å². The standard InChI is InChI=1S/C30H38N6O3S/c1-7-23-18-35(40(37,38)26-10-9-15-32-29(26)39-23)17-22-16-21(12-11-19(22)3)27(30(5,6)31)24-13-14-25-28(20(24)4)33-34-36(25)8-2/h9-16,23,27H,7-8,17-18,31H2,1-6H3/t23-,27+/m1/s1. The fourth-order valence-electron chi connectivity index (χ4n) is 5.65. The third-order valence-corrected chi connectivity index (χ3v) is 9.71. The summed E-state index contributed by atoms with van der Waals surface area (Å²) in [5, 5.41) is 8.77. The molecular weight excluding hydrogens is 524 g/mol. The summed E-state index contributed by atoms with van der Waals surface area (Å²) in [5.41, 5.74) is 13.2. The molecule has 2 aromatic heterocycles. The molecule has 0 fully saturated rings. The molecule has 0 unspecified atom stereocenters. The number of sulfonamides is 1. The smallest absolute Gasteiger partial charge is 0.248 e. The van der Waals surface area contributed by atoms with E-state index in [1.807, 2.05) is 39.3 Å². The van der Waals surface area contributed by atoms with Gasteiger partial charge in [0.2, 0.25) is 15.9 Å². The number of aromatic nitrogens is 4. The molecule has 1 aliphatic rings. The Labute approximate surface area is 236 Å². The van der Waals surface area contributed by atoms with Gasteiger partial charge in [-0.1, -0.05) is 36.4 Å². The quantitative estimate of drug-likeness (QED) is 0.347. The minimum atomic E-state index is -3.82. The molecule has 4 aromatic rings. The maximum absolute atomic E-state index is 13.8. The van der Waals surface area contributed by atoms with E-state index in [1.54, 1.807) is 18.3 Å². The van der Waals surface area contributed by atoms with E-state index in [0.29, 0.717) is 6.42 Å². The average Bonchev–Trinajstić information content (AvgIpc) is 3.30. The Hall–Kier alpha value is -3.34. The van der Waals surface area contributed by atoms with E-state index in [1.165, 1.54) is 4.31 Å². The molecule has 0 bridgehead atoms. The first-order chi connectivity index (χ1) is 19.0. The minimum absolute atomic E-state index is 0.102. The van der Waals surface area contributed by atoms with Crippen molar-refractivity contribution in [2.75, 3.05) is 6.54 Å². The Bertz CT molecular complexity index is 1660. The lowest BCUT2D eigenvalue weighted by molar-refractivity contribution is 0.162. The Morgan fingerprint density at radius 3 is 2.62 bits per heavy atom. The summed E-state index contributed by atoms with van der Waals surface area (Å²) >= 11 is 0.